The number of likely N-dealkylation sites (tertiary alicyclic amines) is 1. The molecule has 0 spiro atoms. The quantitative estimate of drug-likeness (QED) is 0.747. The maximum Gasteiger partial charge on any atom is 0.252 e. The van der Waals surface area contributed by atoms with Crippen LogP contribution in [0.4, 0.5) is 0 Å². The molecule has 4 nitrogen and oxygen atoms in total. The van der Waals surface area contributed by atoms with Crippen molar-refractivity contribution < 1.29 is 9.90 Å². The lowest BCUT2D eigenvalue weighted by Gasteiger charge is -2.22. The summed E-state index contributed by atoms with van der Waals surface area (Å²) in [6.45, 7) is 2.90. The fourth-order valence-corrected chi connectivity index (χ4v) is 3.30. The SMILES string of the molecule is O=C(NCCCCN1CCCC1CO)c1ccc(Cl)cc1Cl. The maximum atomic E-state index is 12.0. The van der Waals surface area contributed by atoms with Gasteiger partial charge in [-0.25, -0.2) is 0 Å². The van der Waals surface area contributed by atoms with Crippen molar-refractivity contribution in [2.45, 2.75) is 31.7 Å². The zero-order valence-corrected chi connectivity index (χ0v) is 14.0. The first-order valence-corrected chi connectivity index (χ1v) is 8.45. The highest BCUT2D eigenvalue weighted by atomic mass is 35.5. The first-order valence-electron chi connectivity index (χ1n) is 7.70. The highest BCUT2D eigenvalue weighted by Gasteiger charge is 2.22. The van der Waals surface area contributed by atoms with Crippen molar-refractivity contribution >= 4 is 29.1 Å². The van der Waals surface area contributed by atoms with E-state index in [1.54, 1.807) is 18.2 Å². The lowest BCUT2D eigenvalue weighted by Crippen LogP contribution is -2.33. The minimum Gasteiger partial charge on any atom is -0.395 e. The van der Waals surface area contributed by atoms with E-state index in [4.69, 9.17) is 23.2 Å². The van der Waals surface area contributed by atoms with Gasteiger partial charge in [0.25, 0.3) is 5.91 Å². The molecule has 122 valence electrons. The van der Waals surface area contributed by atoms with Crippen LogP contribution in [0.25, 0.3) is 0 Å². The van der Waals surface area contributed by atoms with Crippen LogP contribution < -0.4 is 5.32 Å². The first-order chi connectivity index (χ1) is 10.6. The Morgan fingerprint density at radius 1 is 1.36 bits per heavy atom. The molecule has 1 fully saturated rings. The topological polar surface area (TPSA) is 52.6 Å². The molecular weight excluding hydrogens is 323 g/mol. The van der Waals surface area contributed by atoms with Gasteiger partial charge in [0.1, 0.15) is 0 Å². The monoisotopic (exact) mass is 344 g/mol. The normalized spacial score (nSPS) is 18.6. The summed E-state index contributed by atoms with van der Waals surface area (Å²) in [5.41, 5.74) is 0.450. The molecule has 6 heteroatoms. The molecule has 0 saturated carbocycles. The van der Waals surface area contributed by atoms with Gasteiger partial charge in [0.05, 0.1) is 17.2 Å². The number of hydrogen-bond acceptors (Lipinski definition) is 3. The summed E-state index contributed by atoms with van der Waals surface area (Å²) >= 11 is 11.8. The number of unbranched alkanes of at least 4 members (excludes halogenated alkanes) is 1. The molecule has 22 heavy (non-hydrogen) atoms. The highest BCUT2D eigenvalue weighted by molar-refractivity contribution is 6.36. The molecule has 0 aromatic heterocycles. The van der Waals surface area contributed by atoms with Crippen LogP contribution in [-0.2, 0) is 0 Å². The van der Waals surface area contributed by atoms with Gasteiger partial charge in [0.15, 0.2) is 0 Å². The third-order valence-corrected chi connectivity index (χ3v) is 4.59. The van der Waals surface area contributed by atoms with E-state index >= 15 is 0 Å². The van der Waals surface area contributed by atoms with Gasteiger partial charge < -0.3 is 10.4 Å². The van der Waals surface area contributed by atoms with Crippen LogP contribution in [-0.4, -0.2) is 48.2 Å². The van der Waals surface area contributed by atoms with Gasteiger partial charge in [0, 0.05) is 17.6 Å². The average Bonchev–Trinajstić information content (AvgIpc) is 2.94. The smallest absolute Gasteiger partial charge is 0.252 e. The predicted octanol–water partition coefficient (Wildman–Crippen LogP) is 2.96. The van der Waals surface area contributed by atoms with E-state index in [0.717, 1.165) is 38.8 Å². The Morgan fingerprint density at radius 3 is 2.91 bits per heavy atom. The number of benzene rings is 1. The number of nitrogens with zero attached hydrogens (tertiary/aromatic N) is 1. The minimum atomic E-state index is -0.170. The maximum absolute atomic E-state index is 12.0. The Labute approximate surface area is 141 Å². The van der Waals surface area contributed by atoms with Crippen LogP contribution >= 0.6 is 23.2 Å². The van der Waals surface area contributed by atoms with Gasteiger partial charge in [-0.2, -0.15) is 0 Å². The Balaban J connectivity index is 1.67. The van der Waals surface area contributed by atoms with Crippen molar-refractivity contribution in [3.63, 3.8) is 0 Å². The Kier molecular flexibility index (Phi) is 6.96. The lowest BCUT2D eigenvalue weighted by atomic mass is 10.2. The largest absolute Gasteiger partial charge is 0.395 e. The van der Waals surface area contributed by atoms with E-state index in [1.165, 1.54) is 0 Å². The summed E-state index contributed by atoms with van der Waals surface area (Å²) in [4.78, 5) is 14.3. The molecule has 2 rings (SSSR count). The molecule has 1 saturated heterocycles. The molecular formula is C16H22Cl2N2O2. The Morgan fingerprint density at radius 2 is 2.18 bits per heavy atom. The van der Waals surface area contributed by atoms with E-state index in [0.29, 0.717) is 28.2 Å². The minimum absolute atomic E-state index is 0.170. The standard InChI is InChI=1S/C16H22Cl2N2O2/c17-12-5-6-14(15(18)10-12)16(22)19-7-1-2-8-20-9-3-4-13(20)11-21/h5-6,10,13,21H,1-4,7-9,11H2,(H,19,22). The lowest BCUT2D eigenvalue weighted by molar-refractivity contribution is 0.0952. The zero-order valence-electron chi connectivity index (χ0n) is 12.5. The molecule has 2 N–H and O–H groups in total. The summed E-state index contributed by atoms with van der Waals surface area (Å²) in [6.07, 6.45) is 4.16. The summed E-state index contributed by atoms with van der Waals surface area (Å²) in [5, 5.41) is 13.0. The number of aliphatic hydroxyl groups excluding tert-OH is 1. The molecule has 1 aromatic carbocycles. The van der Waals surface area contributed by atoms with Gasteiger partial charge in [0.2, 0.25) is 0 Å². The van der Waals surface area contributed by atoms with E-state index in [9.17, 15) is 9.90 Å². The van der Waals surface area contributed by atoms with Crippen LogP contribution in [0.3, 0.4) is 0 Å². The first kappa shape index (κ1) is 17.5. The number of rotatable bonds is 7. The fraction of sp³-hybridized carbons (Fsp3) is 0.562. The average molecular weight is 345 g/mol. The number of hydrogen-bond donors (Lipinski definition) is 2. The molecule has 0 aliphatic carbocycles. The fourth-order valence-electron chi connectivity index (χ4n) is 2.81. The summed E-state index contributed by atoms with van der Waals surface area (Å²) in [7, 11) is 0. The second-order valence-electron chi connectivity index (χ2n) is 5.60. The molecule has 1 heterocycles. The number of aliphatic hydroxyl groups is 1. The third-order valence-electron chi connectivity index (χ3n) is 4.04. The van der Waals surface area contributed by atoms with Crippen LogP contribution in [0.1, 0.15) is 36.0 Å². The highest BCUT2D eigenvalue weighted by Crippen LogP contribution is 2.21. The van der Waals surface area contributed by atoms with E-state index in [2.05, 4.69) is 10.2 Å². The van der Waals surface area contributed by atoms with Gasteiger partial charge in [-0.3, -0.25) is 9.69 Å². The summed E-state index contributed by atoms with van der Waals surface area (Å²) in [6, 6.07) is 5.18. The number of carbonyl (C=O) groups is 1. The van der Waals surface area contributed by atoms with Gasteiger partial charge in [-0.15, -0.1) is 0 Å². The Bertz CT molecular complexity index is 511. The molecule has 0 radical (unpaired) electrons. The van der Waals surface area contributed by atoms with Crippen LogP contribution in [0.15, 0.2) is 18.2 Å². The zero-order chi connectivity index (χ0) is 15.9. The van der Waals surface area contributed by atoms with E-state index in [1.807, 2.05) is 0 Å². The molecule has 1 aromatic rings. The third kappa shape index (κ3) is 4.85. The van der Waals surface area contributed by atoms with Crippen molar-refractivity contribution in [3.05, 3.63) is 33.8 Å². The Hall–Kier alpha value is -0.810. The molecule has 1 amide bonds. The number of amides is 1. The van der Waals surface area contributed by atoms with Crippen molar-refractivity contribution in [1.29, 1.82) is 0 Å². The summed E-state index contributed by atoms with van der Waals surface area (Å²) in [5.74, 6) is -0.170. The van der Waals surface area contributed by atoms with Gasteiger partial charge in [-0.1, -0.05) is 23.2 Å². The van der Waals surface area contributed by atoms with Crippen molar-refractivity contribution in [2.24, 2.45) is 0 Å². The second kappa shape index (κ2) is 8.73. The summed E-state index contributed by atoms with van der Waals surface area (Å²) < 4.78 is 0. The molecule has 1 aliphatic rings. The molecule has 1 unspecified atom stereocenters. The van der Waals surface area contributed by atoms with E-state index < -0.39 is 0 Å². The van der Waals surface area contributed by atoms with Gasteiger partial charge >= 0.3 is 0 Å². The molecule has 0 bridgehead atoms. The van der Waals surface area contributed by atoms with Crippen molar-refractivity contribution in [2.75, 3.05) is 26.2 Å². The van der Waals surface area contributed by atoms with Crippen molar-refractivity contribution in [1.82, 2.24) is 10.2 Å². The molecule has 1 aliphatic heterocycles. The van der Waals surface area contributed by atoms with E-state index in [-0.39, 0.29) is 12.5 Å². The second-order valence-corrected chi connectivity index (χ2v) is 6.45. The van der Waals surface area contributed by atoms with Crippen molar-refractivity contribution in [3.8, 4) is 0 Å². The predicted molar refractivity (Wildman–Crippen MR) is 89.7 cm³/mol. The van der Waals surface area contributed by atoms with Gasteiger partial charge in [-0.05, 0) is 57.0 Å². The van der Waals surface area contributed by atoms with Crippen LogP contribution in [0.2, 0.25) is 10.0 Å². The van der Waals surface area contributed by atoms with Crippen LogP contribution in [0, 0.1) is 0 Å². The number of carbonyl (C=O) groups excluding carboxylic acids is 1. The number of halogens is 2. The van der Waals surface area contributed by atoms with Crippen LogP contribution in [0.5, 0.6) is 0 Å². The molecule has 1 atom stereocenters. The number of nitrogens with one attached hydrogen (secondary N) is 1.